The Balaban J connectivity index is 2.23. The van der Waals surface area contributed by atoms with E-state index in [1.165, 1.54) is 21.4 Å². The average Bonchev–Trinajstić information content (AvgIpc) is 2.01. The van der Waals surface area contributed by atoms with E-state index in [1.54, 1.807) is 6.16 Å². The predicted molar refractivity (Wildman–Crippen MR) is 52.6 cm³/mol. The largest absolute Gasteiger partial charge is 0.118 e. The van der Waals surface area contributed by atoms with Crippen molar-refractivity contribution in [1.82, 2.24) is 0 Å². The van der Waals surface area contributed by atoms with Gasteiger partial charge in [0, 0.05) is 0 Å². The maximum atomic E-state index is 2.48. The fourth-order valence-electron chi connectivity index (χ4n) is 2.83. The molecule has 0 radical (unpaired) electrons. The monoisotopic (exact) mass is 170 g/mol. The van der Waals surface area contributed by atoms with Crippen LogP contribution in [0.3, 0.4) is 0 Å². The van der Waals surface area contributed by atoms with Gasteiger partial charge in [0.25, 0.3) is 0 Å². The molecule has 1 saturated carbocycles. The lowest BCUT2D eigenvalue weighted by atomic mass is 9.63. The summed E-state index contributed by atoms with van der Waals surface area (Å²) in [6, 6.07) is 0. The first kappa shape index (κ1) is 8.05. The number of hydrogen-bond acceptors (Lipinski definition) is 0. The summed E-state index contributed by atoms with van der Waals surface area (Å²) in [5.41, 5.74) is 1.75. The molecule has 0 aromatic heterocycles. The minimum absolute atomic E-state index is 0.661. The van der Waals surface area contributed by atoms with Crippen LogP contribution in [0.1, 0.15) is 33.6 Å². The van der Waals surface area contributed by atoms with E-state index < -0.39 is 0 Å². The molecule has 2 heterocycles. The van der Waals surface area contributed by atoms with E-state index in [4.69, 9.17) is 0 Å². The van der Waals surface area contributed by atoms with Crippen molar-refractivity contribution >= 4 is 8.58 Å². The van der Waals surface area contributed by atoms with Gasteiger partial charge in [-0.05, 0) is 41.9 Å². The first-order valence-electron chi connectivity index (χ1n) is 4.86. The second-order valence-electron chi connectivity index (χ2n) is 4.90. The molecule has 0 aromatic carbocycles. The lowest BCUT2D eigenvalue weighted by molar-refractivity contribution is 0.0785. The Morgan fingerprint density at radius 1 is 1.27 bits per heavy atom. The molecule has 0 spiro atoms. The Morgan fingerprint density at radius 2 is 2.00 bits per heavy atom. The Kier molecular flexibility index (Phi) is 1.80. The fraction of sp³-hybridized carbons (Fsp3) is 1.00. The van der Waals surface area contributed by atoms with Crippen molar-refractivity contribution < 1.29 is 0 Å². The Morgan fingerprint density at radius 3 is 2.27 bits per heavy atom. The van der Waals surface area contributed by atoms with Gasteiger partial charge in [-0.2, -0.15) is 0 Å². The Hall–Kier alpha value is 0.430. The van der Waals surface area contributed by atoms with Crippen molar-refractivity contribution in [3.8, 4) is 0 Å². The van der Waals surface area contributed by atoms with Gasteiger partial charge in [0.1, 0.15) is 0 Å². The van der Waals surface area contributed by atoms with Crippen molar-refractivity contribution in [3.05, 3.63) is 0 Å². The maximum absolute atomic E-state index is 2.48. The molecule has 0 N–H and O–H groups in total. The predicted octanol–water partition coefficient (Wildman–Crippen LogP) is 3.12. The first-order valence-corrected chi connectivity index (χ1v) is 6.14. The Labute approximate surface area is 71.9 Å². The average molecular weight is 170 g/mol. The molecule has 2 bridgehead atoms. The van der Waals surface area contributed by atoms with E-state index >= 15 is 0 Å². The zero-order valence-corrected chi connectivity index (χ0v) is 8.85. The zero-order valence-electron chi connectivity index (χ0n) is 7.85. The van der Waals surface area contributed by atoms with Crippen LogP contribution in [0, 0.1) is 17.3 Å². The van der Waals surface area contributed by atoms with E-state index in [9.17, 15) is 0 Å². The van der Waals surface area contributed by atoms with E-state index in [2.05, 4.69) is 20.8 Å². The van der Waals surface area contributed by atoms with Crippen LogP contribution in [0.5, 0.6) is 0 Å². The van der Waals surface area contributed by atoms with E-state index in [-0.39, 0.29) is 0 Å². The van der Waals surface area contributed by atoms with Gasteiger partial charge in [0.15, 0.2) is 0 Å². The summed E-state index contributed by atoms with van der Waals surface area (Å²) in [5, 5.41) is 0. The van der Waals surface area contributed by atoms with Gasteiger partial charge >= 0.3 is 0 Å². The smallest absolute Gasteiger partial charge is 0.0206 e. The molecule has 3 rings (SSSR count). The molecule has 0 amide bonds. The Bertz CT molecular complexity index is 150. The minimum atomic E-state index is 0.661. The molecular weight excluding hydrogens is 151 g/mol. The van der Waals surface area contributed by atoms with E-state index in [1.807, 2.05) is 0 Å². The summed E-state index contributed by atoms with van der Waals surface area (Å²) in [7, 11) is 1.29. The quantitative estimate of drug-likeness (QED) is 0.490. The lowest BCUT2D eigenvalue weighted by Crippen LogP contribution is -2.46. The van der Waals surface area contributed by atoms with Crippen LogP contribution in [-0.2, 0) is 0 Å². The fourth-order valence-corrected chi connectivity index (χ4v) is 5.30. The zero-order chi connectivity index (χ0) is 8.06. The summed E-state index contributed by atoms with van der Waals surface area (Å²) in [4.78, 5) is 0. The second-order valence-corrected chi connectivity index (χ2v) is 6.46. The topological polar surface area (TPSA) is 0 Å². The van der Waals surface area contributed by atoms with Crippen molar-refractivity contribution in [2.45, 2.75) is 39.3 Å². The molecule has 3 aliphatic rings. The van der Waals surface area contributed by atoms with Crippen LogP contribution in [-0.4, -0.2) is 11.8 Å². The lowest BCUT2D eigenvalue weighted by Gasteiger charge is -2.53. The third kappa shape index (κ3) is 1.06. The summed E-state index contributed by atoms with van der Waals surface area (Å²) < 4.78 is 0. The van der Waals surface area contributed by atoms with Crippen molar-refractivity contribution in [1.29, 1.82) is 0 Å². The van der Waals surface area contributed by atoms with Crippen LogP contribution in [0.4, 0.5) is 0 Å². The summed E-state index contributed by atoms with van der Waals surface area (Å²) in [6.45, 7) is 7.44. The van der Waals surface area contributed by atoms with Crippen LogP contribution >= 0.6 is 8.58 Å². The van der Waals surface area contributed by atoms with Gasteiger partial charge in [-0.25, -0.2) is 0 Å². The standard InChI is InChI=1S/C10H19P/c1-7-9-5-4-8(6-11-9)10(7,2)3/h7-9,11H,4-6H2,1-3H3. The highest BCUT2D eigenvalue weighted by Gasteiger charge is 2.46. The summed E-state index contributed by atoms with van der Waals surface area (Å²) >= 11 is 0. The van der Waals surface area contributed by atoms with Crippen molar-refractivity contribution in [2.75, 3.05) is 6.16 Å². The normalized spacial score (nSPS) is 49.9. The highest BCUT2D eigenvalue weighted by Crippen LogP contribution is 2.57. The molecule has 4 atom stereocenters. The molecule has 11 heavy (non-hydrogen) atoms. The highest BCUT2D eigenvalue weighted by atomic mass is 31.1. The van der Waals surface area contributed by atoms with Crippen molar-refractivity contribution in [3.63, 3.8) is 0 Å². The van der Waals surface area contributed by atoms with Gasteiger partial charge in [0.05, 0.1) is 0 Å². The number of fused-ring (bicyclic) bond motifs is 3. The van der Waals surface area contributed by atoms with Crippen LogP contribution in [0.15, 0.2) is 0 Å². The van der Waals surface area contributed by atoms with Crippen LogP contribution in [0.2, 0.25) is 0 Å². The third-order valence-electron chi connectivity index (χ3n) is 4.28. The molecule has 0 aromatic rings. The van der Waals surface area contributed by atoms with Crippen LogP contribution < -0.4 is 0 Å². The number of rotatable bonds is 0. The maximum Gasteiger partial charge on any atom is -0.0206 e. The molecule has 0 nitrogen and oxygen atoms in total. The van der Waals surface area contributed by atoms with Gasteiger partial charge in [-0.1, -0.05) is 20.8 Å². The van der Waals surface area contributed by atoms with Crippen LogP contribution in [0.25, 0.3) is 0 Å². The SMILES string of the molecule is CC1C2CCC(CP2)C1(C)C. The van der Waals surface area contributed by atoms with Gasteiger partial charge < -0.3 is 0 Å². The third-order valence-corrected chi connectivity index (χ3v) is 6.32. The molecule has 2 aliphatic heterocycles. The summed E-state index contributed by atoms with van der Waals surface area (Å²) in [6.07, 6.45) is 4.60. The molecule has 4 unspecified atom stereocenters. The molecule has 64 valence electrons. The minimum Gasteiger partial charge on any atom is -0.118 e. The number of hydrogen-bond donors (Lipinski definition) is 0. The van der Waals surface area contributed by atoms with Gasteiger partial charge in [-0.15, -0.1) is 8.58 Å². The second kappa shape index (κ2) is 2.46. The summed E-state index contributed by atoms with van der Waals surface area (Å²) in [5.74, 6) is 2.05. The van der Waals surface area contributed by atoms with E-state index in [0.717, 1.165) is 17.5 Å². The van der Waals surface area contributed by atoms with Crippen molar-refractivity contribution in [2.24, 2.45) is 17.3 Å². The molecule has 2 saturated heterocycles. The molecule has 3 fully saturated rings. The highest BCUT2D eigenvalue weighted by molar-refractivity contribution is 7.39. The van der Waals surface area contributed by atoms with Gasteiger partial charge in [-0.3, -0.25) is 0 Å². The van der Waals surface area contributed by atoms with E-state index in [0.29, 0.717) is 5.41 Å². The molecule has 1 heteroatoms. The molecule has 1 aliphatic carbocycles. The molecular formula is C10H19P. The van der Waals surface area contributed by atoms with Gasteiger partial charge in [0.2, 0.25) is 0 Å². The first-order chi connectivity index (χ1) is 5.12.